The molecule has 0 atom stereocenters. The topological polar surface area (TPSA) is 42.2 Å². The van der Waals surface area contributed by atoms with Crippen LogP contribution in [-0.2, 0) is 6.54 Å². The summed E-state index contributed by atoms with van der Waals surface area (Å²) < 4.78 is 16.2. The predicted molar refractivity (Wildman–Crippen MR) is 110 cm³/mol. The van der Waals surface area contributed by atoms with Crippen LogP contribution >= 0.6 is 27.3 Å². The first-order valence-electron chi connectivity index (χ1n) is 8.79. The average molecular weight is 443 g/mol. The molecule has 1 aliphatic carbocycles. The Morgan fingerprint density at radius 1 is 1.15 bits per heavy atom. The molecule has 27 heavy (non-hydrogen) atoms. The number of rotatable bonds is 5. The summed E-state index contributed by atoms with van der Waals surface area (Å²) in [5.41, 5.74) is 3.90. The largest absolute Gasteiger partial charge is 0.363 e. The van der Waals surface area contributed by atoms with E-state index in [1.165, 1.54) is 25.0 Å². The van der Waals surface area contributed by atoms with Crippen LogP contribution in [0.4, 0.5) is 10.2 Å². The van der Waals surface area contributed by atoms with Gasteiger partial charge in [-0.15, -0.1) is 11.3 Å². The van der Waals surface area contributed by atoms with E-state index in [2.05, 4.69) is 25.6 Å². The molecular weight excluding hydrogens is 427 g/mol. The predicted octanol–water partition coefficient (Wildman–Crippen LogP) is 5.85. The number of nitrogens with zero attached hydrogens (tertiary/aromatic N) is 3. The molecule has 0 bridgehead atoms. The molecule has 4 nitrogen and oxygen atoms in total. The van der Waals surface area contributed by atoms with Gasteiger partial charge in [-0.25, -0.2) is 14.4 Å². The molecule has 1 N–H and O–H groups in total. The number of hydrogen-bond acceptors (Lipinski definition) is 4. The van der Waals surface area contributed by atoms with Crippen molar-refractivity contribution in [1.29, 1.82) is 0 Å². The minimum atomic E-state index is -0.234. The van der Waals surface area contributed by atoms with Gasteiger partial charge in [0.25, 0.3) is 0 Å². The van der Waals surface area contributed by atoms with Gasteiger partial charge in [0.2, 0.25) is 0 Å². The van der Waals surface area contributed by atoms with Crippen molar-refractivity contribution in [2.45, 2.75) is 25.3 Å². The molecule has 7 heteroatoms. The van der Waals surface area contributed by atoms with Crippen LogP contribution < -0.4 is 5.32 Å². The van der Waals surface area contributed by atoms with Gasteiger partial charge in [0.15, 0.2) is 0 Å². The number of pyridine rings is 1. The third kappa shape index (κ3) is 3.37. The van der Waals surface area contributed by atoms with Crippen molar-refractivity contribution in [1.82, 2.24) is 14.4 Å². The fourth-order valence-corrected chi connectivity index (χ4v) is 4.24. The fraction of sp³-hybridized carbons (Fsp3) is 0.200. The number of benzene rings is 1. The van der Waals surface area contributed by atoms with E-state index in [1.807, 2.05) is 23.7 Å². The van der Waals surface area contributed by atoms with Crippen molar-refractivity contribution in [3.8, 4) is 11.3 Å². The summed E-state index contributed by atoms with van der Waals surface area (Å²) in [6, 6.07) is 10.5. The highest BCUT2D eigenvalue weighted by Crippen LogP contribution is 2.43. The molecule has 136 valence electrons. The molecule has 5 rings (SSSR count). The Morgan fingerprint density at radius 2 is 1.96 bits per heavy atom. The highest BCUT2D eigenvalue weighted by atomic mass is 79.9. The molecule has 3 heterocycles. The lowest BCUT2D eigenvalue weighted by Crippen LogP contribution is -2.04. The lowest BCUT2D eigenvalue weighted by atomic mass is 10.2. The summed E-state index contributed by atoms with van der Waals surface area (Å²) in [5, 5.41) is 6.54. The highest BCUT2D eigenvalue weighted by molar-refractivity contribution is 9.10. The quantitative estimate of drug-likeness (QED) is 0.421. The molecule has 0 spiro atoms. The zero-order chi connectivity index (χ0) is 18.4. The number of halogens is 2. The van der Waals surface area contributed by atoms with Crippen molar-refractivity contribution < 1.29 is 4.39 Å². The lowest BCUT2D eigenvalue weighted by molar-refractivity contribution is 0.628. The molecule has 1 aliphatic rings. The Morgan fingerprint density at radius 3 is 2.74 bits per heavy atom. The van der Waals surface area contributed by atoms with E-state index < -0.39 is 0 Å². The van der Waals surface area contributed by atoms with E-state index >= 15 is 0 Å². The first kappa shape index (κ1) is 16.9. The zero-order valence-corrected chi connectivity index (χ0v) is 16.7. The van der Waals surface area contributed by atoms with Gasteiger partial charge in [0, 0.05) is 27.5 Å². The summed E-state index contributed by atoms with van der Waals surface area (Å²) in [4.78, 5) is 9.51. The molecule has 1 fully saturated rings. The molecule has 0 amide bonds. The van der Waals surface area contributed by atoms with E-state index in [-0.39, 0.29) is 5.82 Å². The summed E-state index contributed by atoms with van der Waals surface area (Å²) in [5.74, 6) is 1.37. The standard InChI is InChI=1S/C20H16BrFN4S/c21-14-5-8-17-25-19(13-1-2-13)20(26(17)10-14)23-9-18-24-16(11-27-18)12-3-6-15(22)7-4-12/h3-8,10-11,13,23H,1-2,9H2. The van der Waals surface area contributed by atoms with Crippen LogP contribution in [0.25, 0.3) is 16.9 Å². The Hall–Kier alpha value is -2.25. The summed E-state index contributed by atoms with van der Waals surface area (Å²) in [6.07, 6.45) is 4.44. The van der Waals surface area contributed by atoms with E-state index in [9.17, 15) is 4.39 Å². The molecule has 0 unspecified atom stereocenters. The third-order valence-corrected chi connectivity index (χ3v) is 5.99. The summed E-state index contributed by atoms with van der Waals surface area (Å²) in [6.45, 7) is 0.631. The van der Waals surface area contributed by atoms with Crippen LogP contribution in [0.5, 0.6) is 0 Å². The van der Waals surface area contributed by atoms with Gasteiger partial charge in [0.05, 0.1) is 17.9 Å². The smallest absolute Gasteiger partial charge is 0.138 e. The second-order valence-corrected chi connectivity index (χ2v) is 8.54. The Labute approximate surface area is 168 Å². The van der Waals surface area contributed by atoms with Gasteiger partial charge < -0.3 is 5.32 Å². The lowest BCUT2D eigenvalue weighted by Gasteiger charge is -2.07. The molecule has 3 aromatic heterocycles. The zero-order valence-electron chi connectivity index (χ0n) is 14.3. The van der Waals surface area contributed by atoms with Crippen molar-refractivity contribution >= 4 is 38.7 Å². The normalized spacial score (nSPS) is 14.0. The van der Waals surface area contributed by atoms with E-state index in [0.29, 0.717) is 12.5 Å². The van der Waals surface area contributed by atoms with Crippen LogP contribution in [-0.4, -0.2) is 14.4 Å². The first-order valence-corrected chi connectivity index (χ1v) is 10.5. The molecule has 1 saturated carbocycles. The van der Waals surface area contributed by atoms with Crippen molar-refractivity contribution in [2.75, 3.05) is 5.32 Å². The van der Waals surface area contributed by atoms with E-state index in [0.717, 1.165) is 37.9 Å². The van der Waals surface area contributed by atoms with Gasteiger partial charge in [0.1, 0.15) is 22.3 Å². The number of hydrogen-bond donors (Lipinski definition) is 1. The molecule has 1 aromatic carbocycles. The minimum Gasteiger partial charge on any atom is -0.363 e. The molecular formula is C20H16BrFN4S. The molecule has 0 saturated heterocycles. The average Bonchev–Trinajstić information content (AvgIpc) is 3.30. The Balaban J connectivity index is 1.41. The van der Waals surface area contributed by atoms with Gasteiger partial charge in [-0.2, -0.15) is 0 Å². The van der Waals surface area contributed by atoms with Crippen LogP contribution in [0.3, 0.4) is 0 Å². The molecule has 0 radical (unpaired) electrons. The van der Waals surface area contributed by atoms with Crippen LogP contribution in [0.2, 0.25) is 0 Å². The Bertz CT molecular complexity index is 1110. The number of thiazole rings is 1. The number of nitrogens with one attached hydrogen (secondary N) is 1. The maximum absolute atomic E-state index is 13.1. The SMILES string of the molecule is Fc1ccc(-c2csc(CNc3c(C4CC4)nc4ccc(Br)cn34)n2)cc1. The fourth-order valence-electron chi connectivity index (χ4n) is 3.16. The van der Waals surface area contributed by atoms with Crippen molar-refractivity contribution in [3.05, 3.63) is 69.0 Å². The van der Waals surface area contributed by atoms with E-state index in [4.69, 9.17) is 9.97 Å². The maximum atomic E-state index is 13.1. The number of aromatic nitrogens is 3. The highest BCUT2D eigenvalue weighted by Gasteiger charge is 2.30. The monoisotopic (exact) mass is 442 g/mol. The first-order chi connectivity index (χ1) is 13.2. The van der Waals surface area contributed by atoms with Crippen LogP contribution in [0, 0.1) is 5.82 Å². The van der Waals surface area contributed by atoms with Gasteiger partial charge in [-0.1, -0.05) is 0 Å². The summed E-state index contributed by atoms with van der Waals surface area (Å²) >= 11 is 5.15. The summed E-state index contributed by atoms with van der Waals surface area (Å²) in [7, 11) is 0. The van der Waals surface area contributed by atoms with E-state index in [1.54, 1.807) is 23.5 Å². The maximum Gasteiger partial charge on any atom is 0.138 e. The van der Waals surface area contributed by atoms with Gasteiger partial charge in [-0.05, 0) is 65.2 Å². The second kappa shape index (κ2) is 6.73. The van der Waals surface area contributed by atoms with Crippen molar-refractivity contribution in [3.63, 3.8) is 0 Å². The third-order valence-electron chi connectivity index (χ3n) is 4.67. The molecule has 4 aromatic rings. The van der Waals surface area contributed by atoms with Crippen LogP contribution in [0.15, 0.2) is 52.4 Å². The van der Waals surface area contributed by atoms with Gasteiger partial charge >= 0.3 is 0 Å². The van der Waals surface area contributed by atoms with Crippen molar-refractivity contribution in [2.24, 2.45) is 0 Å². The number of fused-ring (bicyclic) bond motifs is 1. The van der Waals surface area contributed by atoms with Crippen LogP contribution in [0.1, 0.15) is 29.5 Å². The van der Waals surface area contributed by atoms with Gasteiger partial charge in [-0.3, -0.25) is 4.40 Å². The minimum absolute atomic E-state index is 0.234. The number of anilines is 1. The second-order valence-electron chi connectivity index (χ2n) is 6.68. The number of imidazole rings is 1. The Kier molecular flexibility index (Phi) is 4.21. The molecule has 0 aliphatic heterocycles.